The van der Waals surface area contributed by atoms with Crippen LogP contribution in [0.5, 0.6) is 5.75 Å². The van der Waals surface area contributed by atoms with Gasteiger partial charge >= 0.3 is 11.9 Å². The van der Waals surface area contributed by atoms with Crippen LogP contribution in [0, 0.1) is 0 Å². The Morgan fingerprint density at radius 1 is 0.788 bits per heavy atom. The lowest BCUT2D eigenvalue weighted by atomic mass is 10.0. The van der Waals surface area contributed by atoms with Crippen molar-refractivity contribution < 1.29 is 19.4 Å². The number of carbonyl (C=O) groups is 2. The molecule has 0 aliphatic rings. The minimum atomic E-state index is -0.995. The normalized spacial score (nSPS) is 12.5. The SMILES string of the molecule is CC(=O)Oc1ccc(C(=O)O)cc1C/C=C(\C)CC/C=C(\C)CC/C=C(\C)CCC=C(C)C. The first-order chi connectivity index (χ1) is 15.6. The fraction of sp³-hybridized carbons (Fsp3) is 0.448. The monoisotopic (exact) mass is 452 g/mol. The van der Waals surface area contributed by atoms with Crippen LogP contribution in [0.15, 0.2) is 64.8 Å². The molecule has 0 radical (unpaired) electrons. The Morgan fingerprint density at radius 3 is 1.79 bits per heavy atom. The molecule has 0 aromatic heterocycles. The van der Waals surface area contributed by atoms with E-state index in [1.54, 1.807) is 12.1 Å². The van der Waals surface area contributed by atoms with Crippen molar-refractivity contribution >= 4 is 11.9 Å². The summed E-state index contributed by atoms with van der Waals surface area (Å²) >= 11 is 0. The third-order valence-electron chi connectivity index (χ3n) is 5.39. The molecule has 0 spiro atoms. The highest BCUT2D eigenvalue weighted by Gasteiger charge is 2.10. The molecule has 1 rings (SSSR count). The lowest BCUT2D eigenvalue weighted by Crippen LogP contribution is -2.05. The number of aromatic carboxylic acids is 1. The van der Waals surface area contributed by atoms with Gasteiger partial charge in [-0.15, -0.1) is 0 Å². The van der Waals surface area contributed by atoms with Crippen molar-refractivity contribution in [3.63, 3.8) is 0 Å². The van der Waals surface area contributed by atoms with Crippen molar-refractivity contribution in [2.24, 2.45) is 0 Å². The molecule has 0 fully saturated rings. The lowest BCUT2D eigenvalue weighted by molar-refractivity contribution is -0.131. The fourth-order valence-electron chi connectivity index (χ4n) is 3.40. The summed E-state index contributed by atoms with van der Waals surface area (Å²) in [5, 5.41) is 9.24. The van der Waals surface area contributed by atoms with Gasteiger partial charge in [0.2, 0.25) is 0 Å². The van der Waals surface area contributed by atoms with Gasteiger partial charge in [0.05, 0.1) is 5.56 Å². The molecule has 1 aromatic carbocycles. The van der Waals surface area contributed by atoms with Crippen molar-refractivity contribution in [1.29, 1.82) is 0 Å². The number of esters is 1. The molecule has 0 amide bonds. The molecular weight excluding hydrogens is 412 g/mol. The molecule has 0 saturated carbocycles. The second-order valence-electron chi connectivity index (χ2n) is 8.97. The summed E-state index contributed by atoms with van der Waals surface area (Å²) in [7, 11) is 0. The summed E-state index contributed by atoms with van der Waals surface area (Å²) in [4.78, 5) is 22.6. The van der Waals surface area contributed by atoms with Gasteiger partial charge < -0.3 is 9.84 Å². The third kappa shape index (κ3) is 12.7. The second-order valence-corrected chi connectivity index (χ2v) is 8.97. The number of hydrogen-bond acceptors (Lipinski definition) is 3. The van der Waals surface area contributed by atoms with Crippen LogP contribution < -0.4 is 4.74 Å². The van der Waals surface area contributed by atoms with Crippen molar-refractivity contribution in [2.45, 2.75) is 86.5 Å². The first-order valence-corrected chi connectivity index (χ1v) is 11.7. The third-order valence-corrected chi connectivity index (χ3v) is 5.39. The topological polar surface area (TPSA) is 63.6 Å². The van der Waals surface area contributed by atoms with E-state index in [4.69, 9.17) is 4.74 Å². The van der Waals surface area contributed by atoms with Gasteiger partial charge in [0.1, 0.15) is 5.75 Å². The summed E-state index contributed by atoms with van der Waals surface area (Å²) in [5.41, 5.74) is 6.35. The van der Waals surface area contributed by atoms with Crippen molar-refractivity contribution in [1.82, 2.24) is 0 Å². The van der Waals surface area contributed by atoms with Crippen molar-refractivity contribution in [3.05, 3.63) is 75.9 Å². The number of carboxylic acid groups (broad SMARTS) is 1. The van der Waals surface area contributed by atoms with Gasteiger partial charge in [0, 0.05) is 6.92 Å². The van der Waals surface area contributed by atoms with E-state index in [0.717, 1.165) is 38.5 Å². The fourth-order valence-corrected chi connectivity index (χ4v) is 3.40. The molecule has 1 N–H and O–H groups in total. The quantitative estimate of drug-likeness (QED) is 0.187. The number of carboxylic acids is 1. The van der Waals surface area contributed by atoms with Crippen LogP contribution in [0.2, 0.25) is 0 Å². The van der Waals surface area contributed by atoms with Gasteiger partial charge in [-0.3, -0.25) is 4.79 Å². The second kappa shape index (κ2) is 15.0. The number of hydrogen-bond donors (Lipinski definition) is 1. The van der Waals surface area contributed by atoms with Crippen LogP contribution in [0.1, 0.15) is 96.0 Å². The average molecular weight is 453 g/mol. The smallest absolute Gasteiger partial charge is 0.335 e. The van der Waals surface area contributed by atoms with E-state index >= 15 is 0 Å². The van der Waals surface area contributed by atoms with Gasteiger partial charge in [0.25, 0.3) is 0 Å². The van der Waals surface area contributed by atoms with E-state index in [-0.39, 0.29) is 5.56 Å². The maximum atomic E-state index is 11.3. The molecule has 0 atom stereocenters. The molecule has 180 valence electrons. The maximum absolute atomic E-state index is 11.3. The number of carbonyl (C=O) groups excluding carboxylic acids is 1. The Labute approximate surface area is 199 Å². The molecule has 0 bridgehead atoms. The number of allylic oxidation sites excluding steroid dienone is 8. The van der Waals surface area contributed by atoms with Gasteiger partial charge in [-0.1, -0.05) is 46.6 Å². The van der Waals surface area contributed by atoms with Gasteiger partial charge in [-0.2, -0.15) is 0 Å². The number of ether oxygens (including phenoxy) is 1. The maximum Gasteiger partial charge on any atom is 0.335 e. The molecule has 33 heavy (non-hydrogen) atoms. The standard InChI is InChI=1S/C29H40O4/c1-21(2)10-7-11-22(3)12-8-13-23(4)14-9-15-24(5)16-17-26-20-27(29(31)32)18-19-28(26)33-25(6)30/h10,12,14,16,18-20H,7-9,11,13,15,17H2,1-6H3,(H,31,32)/b22-12+,23-14+,24-16+. The largest absolute Gasteiger partial charge is 0.478 e. The highest BCUT2D eigenvalue weighted by molar-refractivity contribution is 5.88. The van der Waals surface area contributed by atoms with Crippen molar-refractivity contribution in [3.8, 4) is 5.75 Å². The molecular formula is C29H40O4. The van der Waals surface area contributed by atoms with Crippen LogP contribution in [-0.2, 0) is 11.2 Å². The Morgan fingerprint density at radius 2 is 1.30 bits per heavy atom. The van der Waals surface area contributed by atoms with Gasteiger partial charge in [0.15, 0.2) is 0 Å². The first-order valence-electron chi connectivity index (χ1n) is 11.7. The predicted octanol–water partition coefficient (Wildman–Crippen LogP) is 8.00. The lowest BCUT2D eigenvalue weighted by Gasteiger charge is -2.09. The zero-order valence-electron chi connectivity index (χ0n) is 21.2. The minimum Gasteiger partial charge on any atom is -0.478 e. The van der Waals surface area contributed by atoms with E-state index < -0.39 is 11.9 Å². The van der Waals surface area contributed by atoms with E-state index in [0.29, 0.717) is 17.7 Å². The number of benzene rings is 1. The molecule has 4 nitrogen and oxygen atoms in total. The van der Waals surface area contributed by atoms with Crippen LogP contribution >= 0.6 is 0 Å². The summed E-state index contributed by atoms with van der Waals surface area (Å²) in [5.74, 6) is -1.00. The highest BCUT2D eigenvalue weighted by atomic mass is 16.5. The van der Waals surface area contributed by atoms with E-state index in [9.17, 15) is 14.7 Å². The van der Waals surface area contributed by atoms with E-state index in [1.165, 1.54) is 35.3 Å². The van der Waals surface area contributed by atoms with E-state index in [1.807, 2.05) is 0 Å². The summed E-state index contributed by atoms with van der Waals surface area (Å²) in [6.07, 6.45) is 15.9. The number of rotatable bonds is 13. The Bertz CT molecular complexity index is 925. The molecule has 0 heterocycles. The Balaban J connectivity index is 2.57. The average Bonchev–Trinajstić information content (AvgIpc) is 2.72. The van der Waals surface area contributed by atoms with Crippen LogP contribution in [0.3, 0.4) is 0 Å². The molecule has 0 unspecified atom stereocenters. The summed E-state index contributed by atoms with van der Waals surface area (Å²) < 4.78 is 5.23. The highest BCUT2D eigenvalue weighted by Crippen LogP contribution is 2.23. The van der Waals surface area contributed by atoms with Crippen LogP contribution in [0.25, 0.3) is 0 Å². The Kier molecular flexibility index (Phi) is 12.8. The van der Waals surface area contributed by atoms with Crippen molar-refractivity contribution in [2.75, 3.05) is 0 Å². The Hall–Kier alpha value is -2.88. The first kappa shape index (κ1) is 28.2. The van der Waals surface area contributed by atoms with Gasteiger partial charge in [-0.05, 0) is 103 Å². The zero-order valence-corrected chi connectivity index (χ0v) is 21.2. The zero-order chi connectivity index (χ0) is 24.8. The molecule has 0 aliphatic heterocycles. The van der Waals surface area contributed by atoms with E-state index in [2.05, 4.69) is 58.9 Å². The predicted molar refractivity (Wildman–Crippen MR) is 137 cm³/mol. The minimum absolute atomic E-state index is 0.187. The molecule has 1 aromatic rings. The summed E-state index contributed by atoms with van der Waals surface area (Å²) in [6, 6.07) is 4.57. The van der Waals surface area contributed by atoms with Crippen LogP contribution in [-0.4, -0.2) is 17.0 Å². The van der Waals surface area contributed by atoms with Gasteiger partial charge in [-0.25, -0.2) is 4.79 Å². The molecule has 0 saturated heterocycles. The van der Waals surface area contributed by atoms with Crippen LogP contribution in [0.4, 0.5) is 0 Å². The summed E-state index contributed by atoms with van der Waals surface area (Å²) in [6.45, 7) is 12.1. The molecule has 4 heteroatoms. The molecule has 0 aliphatic carbocycles.